The van der Waals surface area contributed by atoms with Crippen LogP contribution in [0, 0.1) is 0 Å². The van der Waals surface area contributed by atoms with Gasteiger partial charge in [-0.2, -0.15) is 0 Å². The Hall–Kier alpha value is -2.64. The summed E-state index contributed by atoms with van der Waals surface area (Å²) in [5, 5.41) is 2.88. The van der Waals surface area contributed by atoms with Crippen LogP contribution < -0.4 is 5.32 Å². The molecule has 27 heavy (non-hydrogen) atoms. The maximum atomic E-state index is 12.9. The van der Waals surface area contributed by atoms with E-state index in [2.05, 4.69) is 5.32 Å². The molecule has 7 heteroatoms. The van der Waals surface area contributed by atoms with Gasteiger partial charge in [-0.3, -0.25) is 9.59 Å². The Labute approximate surface area is 158 Å². The molecule has 3 rings (SSSR count). The van der Waals surface area contributed by atoms with Crippen molar-refractivity contribution in [3.8, 4) is 0 Å². The van der Waals surface area contributed by atoms with E-state index in [0.717, 1.165) is 5.56 Å². The maximum Gasteiger partial charge on any atom is 0.271 e. The Bertz CT molecular complexity index is 760. The monoisotopic (exact) mass is 371 g/mol. The van der Waals surface area contributed by atoms with E-state index in [1.165, 1.54) is 0 Å². The highest BCUT2D eigenvalue weighted by Gasteiger charge is 2.32. The largest absolute Gasteiger partial charge is 0.382 e. The predicted molar refractivity (Wildman–Crippen MR) is 100 cm³/mol. The van der Waals surface area contributed by atoms with E-state index in [-0.39, 0.29) is 24.5 Å². The number of fused-ring (bicyclic) bond motifs is 1. The first-order chi connectivity index (χ1) is 13.2. The molecule has 1 aromatic carbocycles. The number of hydrogen-bond acceptors (Lipinski definition) is 4. The third kappa shape index (κ3) is 4.96. The predicted octanol–water partition coefficient (Wildman–Crippen LogP) is 1.29. The summed E-state index contributed by atoms with van der Waals surface area (Å²) >= 11 is 0. The SMILES string of the molecule is COCCOCC(=O)NCC1Cn2cccc2C(=O)N1Cc1ccccc1. The quantitative estimate of drug-likeness (QED) is 0.674. The fraction of sp³-hybridized carbons (Fsp3) is 0.400. The van der Waals surface area contributed by atoms with Gasteiger partial charge in [0.05, 0.1) is 19.3 Å². The Balaban J connectivity index is 1.63. The van der Waals surface area contributed by atoms with Gasteiger partial charge in [-0.25, -0.2) is 0 Å². The molecular formula is C20H25N3O4. The summed E-state index contributed by atoms with van der Waals surface area (Å²) in [6.45, 7) is 2.34. The van der Waals surface area contributed by atoms with E-state index in [0.29, 0.717) is 38.5 Å². The molecule has 1 aliphatic rings. The minimum atomic E-state index is -0.198. The molecule has 0 saturated heterocycles. The standard InChI is InChI=1S/C20H25N3O4/c1-26-10-11-27-15-19(24)21-12-17-14-22-9-5-8-18(22)20(25)23(17)13-16-6-3-2-4-7-16/h2-9,17H,10-15H2,1H3,(H,21,24). The van der Waals surface area contributed by atoms with Gasteiger partial charge in [0.1, 0.15) is 12.3 Å². The second-order valence-corrected chi connectivity index (χ2v) is 6.47. The zero-order valence-corrected chi connectivity index (χ0v) is 15.5. The Morgan fingerprint density at radius 1 is 1.19 bits per heavy atom. The minimum absolute atomic E-state index is 0.0164. The van der Waals surface area contributed by atoms with Gasteiger partial charge in [0, 0.05) is 32.9 Å². The van der Waals surface area contributed by atoms with Crippen molar-refractivity contribution >= 4 is 11.8 Å². The van der Waals surface area contributed by atoms with Crippen molar-refractivity contribution in [2.24, 2.45) is 0 Å². The van der Waals surface area contributed by atoms with Crippen molar-refractivity contribution in [1.29, 1.82) is 0 Å². The van der Waals surface area contributed by atoms with Crippen molar-refractivity contribution in [3.05, 3.63) is 59.9 Å². The first-order valence-electron chi connectivity index (χ1n) is 9.02. The second-order valence-electron chi connectivity index (χ2n) is 6.47. The summed E-state index contributed by atoms with van der Waals surface area (Å²) in [5.41, 5.74) is 1.74. The van der Waals surface area contributed by atoms with Crippen molar-refractivity contribution in [2.75, 3.05) is 33.5 Å². The molecule has 2 heterocycles. The van der Waals surface area contributed by atoms with Crippen LogP contribution in [-0.2, 0) is 27.4 Å². The highest BCUT2D eigenvalue weighted by molar-refractivity contribution is 5.93. The molecule has 1 N–H and O–H groups in total. The van der Waals surface area contributed by atoms with Crippen LogP contribution in [0.5, 0.6) is 0 Å². The minimum Gasteiger partial charge on any atom is -0.382 e. The molecule has 2 amide bonds. The summed E-state index contributed by atoms with van der Waals surface area (Å²) in [6.07, 6.45) is 1.90. The number of nitrogens with zero attached hydrogens (tertiary/aromatic N) is 2. The normalized spacial score (nSPS) is 16.3. The van der Waals surface area contributed by atoms with Crippen LogP contribution in [0.3, 0.4) is 0 Å². The van der Waals surface area contributed by atoms with Crippen molar-refractivity contribution in [3.63, 3.8) is 0 Å². The molecule has 7 nitrogen and oxygen atoms in total. The second kappa shape index (κ2) is 9.34. The topological polar surface area (TPSA) is 72.8 Å². The van der Waals surface area contributed by atoms with Gasteiger partial charge in [-0.05, 0) is 17.7 Å². The number of aromatic nitrogens is 1. The lowest BCUT2D eigenvalue weighted by molar-refractivity contribution is -0.126. The lowest BCUT2D eigenvalue weighted by Gasteiger charge is -2.37. The van der Waals surface area contributed by atoms with Gasteiger partial charge in [-0.1, -0.05) is 30.3 Å². The Kier molecular flexibility index (Phi) is 6.62. The number of methoxy groups -OCH3 is 1. The van der Waals surface area contributed by atoms with E-state index in [4.69, 9.17) is 9.47 Å². The van der Waals surface area contributed by atoms with Crippen molar-refractivity contribution in [2.45, 2.75) is 19.1 Å². The highest BCUT2D eigenvalue weighted by Crippen LogP contribution is 2.20. The number of carbonyl (C=O) groups is 2. The van der Waals surface area contributed by atoms with Crippen molar-refractivity contribution < 1.29 is 19.1 Å². The number of amides is 2. The number of ether oxygens (including phenoxy) is 2. The van der Waals surface area contributed by atoms with E-state index >= 15 is 0 Å². The summed E-state index contributed by atoms with van der Waals surface area (Å²) < 4.78 is 12.1. The molecule has 0 fully saturated rings. The Morgan fingerprint density at radius 3 is 2.78 bits per heavy atom. The summed E-state index contributed by atoms with van der Waals surface area (Å²) in [4.78, 5) is 26.8. The molecular weight excluding hydrogens is 346 g/mol. The molecule has 0 radical (unpaired) electrons. The maximum absolute atomic E-state index is 12.9. The first kappa shape index (κ1) is 19.1. The van der Waals surface area contributed by atoms with Crippen LogP contribution in [0.25, 0.3) is 0 Å². The number of hydrogen-bond donors (Lipinski definition) is 1. The van der Waals surface area contributed by atoms with Crippen LogP contribution in [0.4, 0.5) is 0 Å². The summed E-state index contributed by atoms with van der Waals surface area (Å²) in [7, 11) is 1.58. The first-order valence-corrected chi connectivity index (χ1v) is 9.02. The smallest absolute Gasteiger partial charge is 0.271 e. The van der Waals surface area contributed by atoms with Crippen LogP contribution in [0.2, 0.25) is 0 Å². The zero-order valence-electron chi connectivity index (χ0n) is 15.5. The third-order valence-corrected chi connectivity index (χ3v) is 4.55. The molecule has 0 aliphatic carbocycles. The molecule has 0 saturated carbocycles. The van der Waals surface area contributed by atoms with Gasteiger partial charge < -0.3 is 24.3 Å². The molecule has 2 aromatic rings. The van der Waals surface area contributed by atoms with Gasteiger partial charge in [0.2, 0.25) is 5.91 Å². The van der Waals surface area contributed by atoms with Crippen LogP contribution in [0.15, 0.2) is 48.7 Å². The molecule has 144 valence electrons. The fourth-order valence-corrected chi connectivity index (χ4v) is 3.15. The lowest BCUT2D eigenvalue weighted by atomic mass is 10.1. The van der Waals surface area contributed by atoms with E-state index in [9.17, 15) is 9.59 Å². The van der Waals surface area contributed by atoms with E-state index in [1.807, 2.05) is 58.1 Å². The van der Waals surface area contributed by atoms with Crippen LogP contribution in [0.1, 0.15) is 16.1 Å². The van der Waals surface area contributed by atoms with Gasteiger partial charge in [-0.15, -0.1) is 0 Å². The van der Waals surface area contributed by atoms with Gasteiger partial charge in [0.25, 0.3) is 5.91 Å². The zero-order chi connectivity index (χ0) is 19.1. The molecule has 1 unspecified atom stereocenters. The summed E-state index contributed by atoms with van der Waals surface area (Å²) in [5.74, 6) is -0.220. The molecule has 1 atom stereocenters. The van der Waals surface area contributed by atoms with Crippen LogP contribution >= 0.6 is 0 Å². The van der Waals surface area contributed by atoms with Gasteiger partial charge >= 0.3 is 0 Å². The lowest BCUT2D eigenvalue weighted by Crippen LogP contribution is -2.52. The number of carbonyl (C=O) groups excluding carboxylic acids is 2. The molecule has 1 aliphatic heterocycles. The average Bonchev–Trinajstić information content (AvgIpc) is 3.16. The van der Waals surface area contributed by atoms with Crippen molar-refractivity contribution in [1.82, 2.24) is 14.8 Å². The summed E-state index contributed by atoms with van der Waals surface area (Å²) in [6, 6.07) is 13.5. The van der Waals surface area contributed by atoms with Crippen LogP contribution in [-0.4, -0.2) is 60.8 Å². The molecule has 0 bridgehead atoms. The fourth-order valence-electron chi connectivity index (χ4n) is 3.15. The highest BCUT2D eigenvalue weighted by atomic mass is 16.5. The van der Waals surface area contributed by atoms with Gasteiger partial charge in [0.15, 0.2) is 0 Å². The number of rotatable bonds is 9. The Morgan fingerprint density at radius 2 is 2.00 bits per heavy atom. The number of benzene rings is 1. The van der Waals surface area contributed by atoms with E-state index in [1.54, 1.807) is 7.11 Å². The molecule has 1 aromatic heterocycles. The molecule has 0 spiro atoms. The van der Waals surface area contributed by atoms with E-state index < -0.39 is 0 Å². The third-order valence-electron chi connectivity index (χ3n) is 4.55. The number of nitrogens with one attached hydrogen (secondary N) is 1. The average molecular weight is 371 g/mol.